The van der Waals surface area contributed by atoms with Gasteiger partial charge in [-0.2, -0.15) is 0 Å². The minimum atomic E-state index is -0.277. The number of aryl methyl sites for hydroxylation is 2. The number of aromatic nitrogens is 1. The average molecular weight is 442 g/mol. The Bertz CT molecular complexity index is 1110. The second-order valence-electron chi connectivity index (χ2n) is 9.00. The second kappa shape index (κ2) is 8.29. The molecule has 0 saturated carbocycles. The van der Waals surface area contributed by atoms with E-state index in [9.17, 15) is 9.18 Å². The van der Waals surface area contributed by atoms with E-state index in [0.29, 0.717) is 17.6 Å². The number of hydrogen-bond donors (Lipinski definition) is 1. The Morgan fingerprint density at radius 1 is 1.03 bits per heavy atom. The highest BCUT2D eigenvalue weighted by atomic mass is 35.5. The van der Waals surface area contributed by atoms with E-state index in [-0.39, 0.29) is 30.2 Å². The lowest BCUT2D eigenvalue weighted by Crippen LogP contribution is -2.48. The standard InChI is InChI=1S/C25H28FN3O.ClH/c1-15-4-11-21-22(12-15)29(3)24(16-5-7-17(26)8-6-16)23(21)25(30)27-18-13-19-9-10-20(14-18)28(19)2;/h4-8,11-12,18-20H,9-10,13-14H2,1-3H3,(H,27,30);1H. The molecular formula is C25H29ClFN3O. The van der Waals surface area contributed by atoms with E-state index in [0.717, 1.165) is 40.6 Å². The SMILES string of the molecule is Cc1ccc2c(C(=O)NC3CC4CCC(C3)N4C)c(-c3ccc(F)cc3)n(C)c2c1.Cl. The summed E-state index contributed by atoms with van der Waals surface area (Å²) in [6, 6.07) is 13.9. The molecule has 2 aliphatic heterocycles. The number of hydrogen-bond acceptors (Lipinski definition) is 2. The van der Waals surface area contributed by atoms with Gasteiger partial charge < -0.3 is 14.8 Å². The number of benzene rings is 2. The van der Waals surface area contributed by atoms with Gasteiger partial charge in [0.1, 0.15) is 5.82 Å². The van der Waals surface area contributed by atoms with Crippen molar-refractivity contribution in [2.45, 2.75) is 50.7 Å². The summed E-state index contributed by atoms with van der Waals surface area (Å²) in [4.78, 5) is 16.1. The molecule has 3 aromatic rings. The average Bonchev–Trinajstić information content (AvgIpc) is 3.10. The Morgan fingerprint density at radius 3 is 2.32 bits per heavy atom. The van der Waals surface area contributed by atoms with E-state index < -0.39 is 0 Å². The van der Waals surface area contributed by atoms with Gasteiger partial charge in [-0.25, -0.2) is 4.39 Å². The molecule has 2 atom stereocenters. The van der Waals surface area contributed by atoms with Crippen molar-refractivity contribution in [1.29, 1.82) is 0 Å². The normalized spacial score (nSPS) is 23.0. The number of amides is 1. The number of rotatable bonds is 3. The van der Waals surface area contributed by atoms with Crippen LogP contribution in [0.3, 0.4) is 0 Å². The number of halogens is 2. The predicted octanol–water partition coefficient (Wildman–Crippen LogP) is 5.07. The van der Waals surface area contributed by atoms with Crippen LogP contribution in [0.2, 0.25) is 0 Å². The van der Waals surface area contributed by atoms with E-state index in [1.165, 1.54) is 25.0 Å². The molecule has 1 aromatic heterocycles. The Kier molecular flexibility index (Phi) is 5.84. The maximum absolute atomic E-state index is 13.6. The zero-order valence-corrected chi connectivity index (χ0v) is 19.0. The highest BCUT2D eigenvalue weighted by Gasteiger charge is 2.39. The minimum absolute atomic E-state index is 0. The van der Waals surface area contributed by atoms with Crippen LogP contribution in [0, 0.1) is 12.7 Å². The lowest BCUT2D eigenvalue weighted by Gasteiger charge is -2.36. The fraction of sp³-hybridized carbons (Fsp3) is 0.400. The first kappa shape index (κ1) is 21.8. The summed E-state index contributed by atoms with van der Waals surface area (Å²) < 4.78 is 15.6. The molecular weight excluding hydrogens is 413 g/mol. The van der Waals surface area contributed by atoms with Gasteiger partial charge in [-0.1, -0.05) is 12.1 Å². The predicted molar refractivity (Wildman–Crippen MR) is 125 cm³/mol. The Balaban J connectivity index is 0.00000231. The quantitative estimate of drug-likeness (QED) is 0.616. The first-order chi connectivity index (χ1) is 14.4. The van der Waals surface area contributed by atoms with E-state index in [2.05, 4.69) is 34.8 Å². The lowest BCUT2D eigenvalue weighted by atomic mass is 9.97. The number of fused-ring (bicyclic) bond motifs is 3. The number of piperidine rings is 1. The van der Waals surface area contributed by atoms with Crippen molar-refractivity contribution in [3.63, 3.8) is 0 Å². The minimum Gasteiger partial charge on any atom is -0.349 e. The van der Waals surface area contributed by atoms with Crippen molar-refractivity contribution in [2.24, 2.45) is 7.05 Å². The molecule has 0 aliphatic carbocycles. The highest BCUT2D eigenvalue weighted by molar-refractivity contribution is 6.13. The molecule has 0 radical (unpaired) electrons. The summed E-state index contributed by atoms with van der Waals surface area (Å²) in [5.41, 5.74) is 4.53. The summed E-state index contributed by atoms with van der Waals surface area (Å²) in [5, 5.41) is 4.29. The second-order valence-corrected chi connectivity index (χ2v) is 9.00. The molecule has 31 heavy (non-hydrogen) atoms. The van der Waals surface area contributed by atoms with Gasteiger partial charge in [0.25, 0.3) is 5.91 Å². The topological polar surface area (TPSA) is 37.3 Å². The molecule has 2 saturated heterocycles. The van der Waals surface area contributed by atoms with Crippen molar-refractivity contribution < 1.29 is 9.18 Å². The van der Waals surface area contributed by atoms with Crippen LogP contribution in [-0.2, 0) is 7.05 Å². The van der Waals surface area contributed by atoms with Gasteiger partial charge in [0.2, 0.25) is 0 Å². The van der Waals surface area contributed by atoms with E-state index in [1.54, 1.807) is 12.1 Å². The molecule has 3 heterocycles. The molecule has 4 nitrogen and oxygen atoms in total. The first-order valence-electron chi connectivity index (χ1n) is 10.8. The number of carbonyl (C=O) groups excluding carboxylic acids is 1. The van der Waals surface area contributed by atoms with E-state index >= 15 is 0 Å². The van der Waals surface area contributed by atoms with Gasteiger partial charge in [-0.05, 0) is 81.1 Å². The van der Waals surface area contributed by atoms with Crippen molar-refractivity contribution in [1.82, 2.24) is 14.8 Å². The largest absolute Gasteiger partial charge is 0.349 e. The Morgan fingerprint density at radius 2 is 1.68 bits per heavy atom. The van der Waals surface area contributed by atoms with Gasteiger partial charge in [-0.15, -0.1) is 12.4 Å². The van der Waals surface area contributed by atoms with Crippen molar-refractivity contribution in [2.75, 3.05) is 7.05 Å². The molecule has 5 rings (SSSR count). The van der Waals surface area contributed by atoms with E-state index in [1.807, 2.05) is 19.2 Å². The van der Waals surface area contributed by atoms with Gasteiger partial charge in [-0.3, -0.25) is 4.79 Å². The summed E-state index contributed by atoms with van der Waals surface area (Å²) >= 11 is 0. The van der Waals surface area contributed by atoms with Crippen LogP contribution in [0.1, 0.15) is 41.6 Å². The van der Waals surface area contributed by atoms with E-state index in [4.69, 9.17) is 0 Å². The molecule has 1 amide bonds. The van der Waals surface area contributed by atoms with Crippen LogP contribution in [0.25, 0.3) is 22.2 Å². The molecule has 2 bridgehead atoms. The summed E-state index contributed by atoms with van der Waals surface area (Å²) in [6.45, 7) is 2.05. The van der Waals surface area contributed by atoms with Crippen LogP contribution in [0.5, 0.6) is 0 Å². The molecule has 6 heteroatoms. The van der Waals surface area contributed by atoms with Gasteiger partial charge in [0.15, 0.2) is 0 Å². The fourth-order valence-electron chi connectivity index (χ4n) is 5.51. The van der Waals surface area contributed by atoms with Gasteiger partial charge in [0, 0.05) is 36.1 Å². The van der Waals surface area contributed by atoms with Crippen LogP contribution in [0.15, 0.2) is 42.5 Å². The third-order valence-electron chi connectivity index (χ3n) is 7.13. The van der Waals surface area contributed by atoms with Crippen LogP contribution >= 0.6 is 12.4 Å². The third-order valence-corrected chi connectivity index (χ3v) is 7.13. The number of nitrogens with zero attached hydrogens (tertiary/aromatic N) is 2. The molecule has 1 N–H and O–H groups in total. The van der Waals surface area contributed by atoms with Crippen molar-refractivity contribution in [3.05, 3.63) is 59.4 Å². The maximum atomic E-state index is 13.6. The van der Waals surface area contributed by atoms with Crippen LogP contribution in [0.4, 0.5) is 4.39 Å². The van der Waals surface area contributed by atoms with Gasteiger partial charge in [0.05, 0.1) is 11.3 Å². The van der Waals surface area contributed by atoms with Crippen LogP contribution in [-0.4, -0.2) is 40.5 Å². The fourth-order valence-corrected chi connectivity index (χ4v) is 5.51. The van der Waals surface area contributed by atoms with Gasteiger partial charge >= 0.3 is 0 Å². The van der Waals surface area contributed by atoms with Crippen molar-refractivity contribution >= 4 is 29.2 Å². The molecule has 2 fully saturated rings. The summed E-state index contributed by atoms with van der Waals surface area (Å²) in [5.74, 6) is -0.307. The van der Waals surface area contributed by atoms with Crippen molar-refractivity contribution in [3.8, 4) is 11.3 Å². The Hall–Kier alpha value is -2.37. The molecule has 2 aromatic carbocycles. The van der Waals surface area contributed by atoms with Crippen LogP contribution < -0.4 is 5.32 Å². The summed E-state index contributed by atoms with van der Waals surface area (Å²) in [7, 11) is 4.19. The lowest BCUT2D eigenvalue weighted by molar-refractivity contribution is 0.0884. The molecule has 2 aliphatic rings. The first-order valence-corrected chi connectivity index (χ1v) is 10.8. The number of nitrogens with one attached hydrogen (secondary N) is 1. The smallest absolute Gasteiger partial charge is 0.254 e. The third kappa shape index (κ3) is 3.74. The zero-order chi connectivity index (χ0) is 21.0. The molecule has 164 valence electrons. The molecule has 0 spiro atoms. The molecule has 2 unspecified atom stereocenters. The Labute approximate surface area is 188 Å². The number of carbonyl (C=O) groups is 1. The maximum Gasteiger partial charge on any atom is 0.254 e. The highest BCUT2D eigenvalue weighted by Crippen LogP contribution is 2.36. The monoisotopic (exact) mass is 441 g/mol. The zero-order valence-electron chi connectivity index (χ0n) is 18.2. The summed E-state index contributed by atoms with van der Waals surface area (Å²) in [6.07, 6.45) is 4.47.